The van der Waals surface area contributed by atoms with Crippen molar-refractivity contribution in [2.75, 3.05) is 5.73 Å². The first-order valence-electron chi connectivity index (χ1n) is 5.57. The second kappa shape index (κ2) is 3.68. The summed E-state index contributed by atoms with van der Waals surface area (Å²) in [5.74, 6) is 0. The number of hydrogen-bond acceptors (Lipinski definition) is 2. The van der Waals surface area contributed by atoms with Gasteiger partial charge in [-0.05, 0) is 55.0 Å². The molecule has 0 spiro atoms. The topological polar surface area (TPSA) is 49.8 Å². The Hall–Kier alpha value is -1.75. The molecule has 16 heavy (non-hydrogen) atoms. The summed E-state index contributed by atoms with van der Waals surface area (Å²) in [4.78, 5) is 0. The minimum absolute atomic E-state index is 0.292. The minimum atomic E-state index is -0.292. The molecule has 1 aliphatic carbocycles. The Morgan fingerprint density at radius 1 is 1.50 bits per heavy atom. The zero-order valence-corrected chi connectivity index (χ0v) is 9.59. The van der Waals surface area contributed by atoms with Gasteiger partial charge in [-0.25, -0.2) is 0 Å². The van der Waals surface area contributed by atoms with Crippen molar-refractivity contribution in [1.82, 2.24) is 0 Å². The molecule has 1 aromatic carbocycles. The van der Waals surface area contributed by atoms with Crippen molar-refractivity contribution in [1.29, 1.82) is 5.26 Å². The first-order chi connectivity index (χ1) is 7.63. The fourth-order valence-corrected chi connectivity index (χ4v) is 2.24. The van der Waals surface area contributed by atoms with Gasteiger partial charge >= 0.3 is 0 Å². The van der Waals surface area contributed by atoms with E-state index in [4.69, 9.17) is 5.73 Å². The van der Waals surface area contributed by atoms with Crippen LogP contribution in [0.2, 0.25) is 0 Å². The molecule has 1 aromatic rings. The molecule has 2 nitrogen and oxygen atoms in total. The largest absolute Gasteiger partial charge is 0.398 e. The van der Waals surface area contributed by atoms with Crippen LogP contribution in [0.4, 0.5) is 5.69 Å². The quantitative estimate of drug-likeness (QED) is 0.765. The number of nitrogen functional groups attached to an aromatic ring is 1. The van der Waals surface area contributed by atoms with Crippen molar-refractivity contribution in [2.24, 2.45) is 0 Å². The molecule has 1 fully saturated rings. The van der Waals surface area contributed by atoms with Crippen molar-refractivity contribution in [2.45, 2.75) is 31.6 Å². The number of anilines is 1. The van der Waals surface area contributed by atoms with Crippen molar-refractivity contribution >= 4 is 11.8 Å². The van der Waals surface area contributed by atoms with E-state index in [1.807, 2.05) is 13.0 Å². The fourth-order valence-electron chi connectivity index (χ4n) is 2.24. The van der Waals surface area contributed by atoms with Gasteiger partial charge in [-0.3, -0.25) is 0 Å². The van der Waals surface area contributed by atoms with Gasteiger partial charge in [-0.15, -0.1) is 0 Å². The van der Waals surface area contributed by atoms with E-state index in [2.05, 4.69) is 18.7 Å². The highest BCUT2D eigenvalue weighted by atomic mass is 14.6. The standard InChI is InChI=1S/C14H16N2/c1-3-11-7-12(8-13(16)10(11)2)14(9-15)5-4-6-14/h3,7-8H,1,4-6,16H2,2H3. The van der Waals surface area contributed by atoms with Crippen LogP contribution < -0.4 is 5.73 Å². The summed E-state index contributed by atoms with van der Waals surface area (Å²) in [6.07, 6.45) is 4.83. The van der Waals surface area contributed by atoms with Crippen LogP contribution in [0.15, 0.2) is 18.7 Å². The summed E-state index contributed by atoms with van der Waals surface area (Å²) >= 11 is 0. The maximum Gasteiger partial charge on any atom is 0.0823 e. The molecule has 0 unspecified atom stereocenters. The van der Waals surface area contributed by atoms with Crippen LogP contribution in [0, 0.1) is 18.3 Å². The third kappa shape index (κ3) is 1.40. The molecule has 2 rings (SSSR count). The highest BCUT2D eigenvalue weighted by molar-refractivity contribution is 5.64. The van der Waals surface area contributed by atoms with Crippen LogP contribution in [-0.4, -0.2) is 0 Å². The maximum atomic E-state index is 9.30. The van der Waals surface area contributed by atoms with Gasteiger partial charge in [-0.1, -0.05) is 12.7 Å². The molecule has 0 saturated heterocycles. The summed E-state index contributed by atoms with van der Waals surface area (Å²) in [6, 6.07) is 6.45. The average Bonchev–Trinajstić information content (AvgIpc) is 2.22. The molecule has 82 valence electrons. The molecule has 2 heteroatoms. The van der Waals surface area contributed by atoms with Crippen molar-refractivity contribution in [3.8, 4) is 6.07 Å². The van der Waals surface area contributed by atoms with Crippen LogP contribution >= 0.6 is 0 Å². The Kier molecular flexibility index (Phi) is 2.47. The van der Waals surface area contributed by atoms with Gasteiger partial charge in [0.05, 0.1) is 11.5 Å². The molecule has 2 N–H and O–H groups in total. The third-order valence-corrected chi connectivity index (χ3v) is 3.68. The molecule has 0 aliphatic heterocycles. The van der Waals surface area contributed by atoms with E-state index in [1.165, 1.54) is 0 Å². The van der Waals surface area contributed by atoms with E-state index in [0.29, 0.717) is 0 Å². The zero-order valence-electron chi connectivity index (χ0n) is 9.59. The molecule has 1 aliphatic rings. The Balaban J connectivity index is 2.55. The SMILES string of the molecule is C=Cc1cc(C2(C#N)CCC2)cc(N)c1C. The summed E-state index contributed by atoms with van der Waals surface area (Å²) < 4.78 is 0. The van der Waals surface area contributed by atoms with Crippen LogP contribution in [0.1, 0.15) is 36.0 Å². The van der Waals surface area contributed by atoms with Gasteiger partial charge in [0.2, 0.25) is 0 Å². The Morgan fingerprint density at radius 2 is 2.19 bits per heavy atom. The van der Waals surface area contributed by atoms with Crippen molar-refractivity contribution < 1.29 is 0 Å². The highest BCUT2D eigenvalue weighted by Crippen LogP contribution is 2.44. The van der Waals surface area contributed by atoms with Crippen LogP contribution in [0.25, 0.3) is 6.08 Å². The van der Waals surface area contributed by atoms with E-state index in [1.54, 1.807) is 6.08 Å². The summed E-state index contributed by atoms with van der Waals surface area (Å²) in [5.41, 5.74) is 9.58. The minimum Gasteiger partial charge on any atom is -0.398 e. The highest BCUT2D eigenvalue weighted by Gasteiger charge is 2.39. The fraction of sp³-hybridized carbons (Fsp3) is 0.357. The lowest BCUT2D eigenvalue weighted by atomic mass is 9.65. The monoisotopic (exact) mass is 212 g/mol. The van der Waals surface area contributed by atoms with Crippen molar-refractivity contribution in [3.63, 3.8) is 0 Å². The number of nitriles is 1. The normalized spacial score (nSPS) is 17.2. The molecule has 0 amide bonds. The average molecular weight is 212 g/mol. The molecular weight excluding hydrogens is 196 g/mol. The van der Waals surface area contributed by atoms with Crippen molar-refractivity contribution in [3.05, 3.63) is 35.4 Å². The van der Waals surface area contributed by atoms with Crippen LogP contribution in [0.3, 0.4) is 0 Å². The molecule has 1 saturated carbocycles. The lowest BCUT2D eigenvalue weighted by Crippen LogP contribution is -2.32. The smallest absolute Gasteiger partial charge is 0.0823 e. The summed E-state index contributed by atoms with van der Waals surface area (Å²) in [6.45, 7) is 5.77. The van der Waals surface area contributed by atoms with E-state index in [0.717, 1.165) is 41.6 Å². The first-order valence-corrected chi connectivity index (χ1v) is 5.57. The Labute approximate surface area is 96.4 Å². The number of hydrogen-bond donors (Lipinski definition) is 1. The Bertz CT molecular complexity index is 476. The second-order valence-corrected chi connectivity index (χ2v) is 4.53. The number of nitrogens with zero attached hydrogens (tertiary/aromatic N) is 1. The summed E-state index contributed by atoms with van der Waals surface area (Å²) in [5, 5.41) is 9.30. The molecular formula is C14H16N2. The van der Waals surface area contributed by atoms with Gasteiger partial charge in [-0.2, -0.15) is 5.26 Å². The lowest BCUT2D eigenvalue weighted by molar-refractivity contribution is 0.324. The van der Waals surface area contributed by atoms with Crippen LogP contribution in [-0.2, 0) is 5.41 Å². The van der Waals surface area contributed by atoms with Gasteiger partial charge in [0, 0.05) is 5.69 Å². The zero-order chi connectivity index (χ0) is 11.8. The number of benzene rings is 1. The van der Waals surface area contributed by atoms with E-state index in [-0.39, 0.29) is 5.41 Å². The van der Waals surface area contributed by atoms with Gasteiger partial charge in [0.25, 0.3) is 0 Å². The Morgan fingerprint density at radius 3 is 2.62 bits per heavy atom. The van der Waals surface area contributed by atoms with E-state index >= 15 is 0 Å². The number of rotatable bonds is 2. The van der Waals surface area contributed by atoms with Gasteiger partial charge in [0.15, 0.2) is 0 Å². The lowest BCUT2D eigenvalue weighted by Gasteiger charge is -2.36. The molecule has 0 aromatic heterocycles. The number of nitrogens with two attached hydrogens (primary N) is 1. The predicted molar refractivity (Wildman–Crippen MR) is 66.8 cm³/mol. The molecule has 0 bridgehead atoms. The second-order valence-electron chi connectivity index (χ2n) is 4.53. The first kappa shape index (κ1) is 10.8. The van der Waals surface area contributed by atoms with E-state index < -0.39 is 0 Å². The van der Waals surface area contributed by atoms with Gasteiger partial charge in [0.1, 0.15) is 0 Å². The predicted octanol–water partition coefficient (Wildman–Crippen LogP) is 3.17. The summed E-state index contributed by atoms with van der Waals surface area (Å²) in [7, 11) is 0. The van der Waals surface area contributed by atoms with E-state index in [9.17, 15) is 5.26 Å². The maximum absolute atomic E-state index is 9.30. The third-order valence-electron chi connectivity index (χ3n) is 3.68. The molecule has 0 heterocycles. The molecule has 0 atom stereocenters. The van der Waals surface area contributed by atoms with Gasteiger partial charge < -0.3 is 5.73 Å². The van der Waals surface area contributed by atoms with Crippen LogP contribution in [0.5, 0.6) is 0 Å². The molecule has 0 radical (unpaired) electrons.